The van der Waals surface area contributed by atoms with Crippen LogP contribution in [-0.2, 0) is 4.74 Å². The van der Waals surface area contributed by atoms with Crippen LogP contribution < -0.4 is 0 Å². The molecule has 0 aromatic heterocycles. The predicted molar refractivity (Wildman–Crippen MR) is 57.3 cm³/mol. The van der Waals surface area contributed by atoms with Gasteiger partial charge in [0.25, 0.3) is 0 Å². The lowest BCUT2D eigenvalue weighted by Gasteiger charge is -2.07. The summed E-state index contributed by atoms with van der Waals surface area (Å²) in [7, 11) is -0.00945. The molecule has 0 aromatic rings. The molecule has 0 fully saturated rings. The molecule has 1 nitrogen and oxygen atoms in total. The van der Waals surface area contributed by atoms with Crippen LogP contribution in [0, 0.1) is 6.92 Å². The summed E-state index contributed by atoms with van der Waals surface area (Å²) >= 11 is 0. The zero-order valence-electron chi connectivity index (χ0n) is 7.62. The Bertz CT molecular complexity index is 184. The van der Waals surface area contributed by atoms with E-state index in [2.05, 4.69) is 23.8 Å². The van der Waals surface area contributed by atoms with Crippen LogP contribution in [0.3, 0.4) is 0 Å². The van der Waals surface area contributed by atoms with Gasteiger partial charge in [0.2, 0.25) is 0 Å². The lowest BCUT2D eigenvalue weighted by Crippen LogP contribution is -1.85. The molecule has 0 spiro atoms. The fourth-order valence-electron chi connectivity index (χ4n) is 1.10. The number of hydrogen-bond donors (Lipinski definition) is 1. The smallest absolute Gasteiger partial charge is 0.124 e. The van der Waals surface area contributed by atoms with Gasteiger partial charge >= 0.3 is 0 Å². The Morgan fingerprint density at radius 2 is 2.42 bits per heavy atom. The maximum Gasteiger partial charge on any atom is 0.124 e. The monoisotopic (exact) mass is 185 g/mol. The van der Waals surface area contributed by atoms with Gasteiger partial charge in [-0.25, -0.2) is 10.9 Å². The zero-order valence-corrected chi connectivity index (χ0v) is 8.52. The van der Waals surface area contributed by atoms with Crippen LogP contribution in [0.1, 0.15) is 19.8 Å². The fourth-order valence-corrected chi connectivity index (χ4v) is 2.88. The van der Waals surface area contributed by atoms with Crippen LogP contribution in [0.4, 0.5) is 0 Å². The molecule has 0 N–H and O–H groups in total. The number of unbranched alkanes of at least 4 members (excludes halogenated alkanes) is 1. The lowest BCUT2D eigenvalue weighted by atomic mass is 10.4. The second-order valence-corrected chi connectivity index (χ2v) is 4.76. The molecule has 1 atom stereocenters. The van der Waals surface area contributed by atoms with Crippen molar-refractivity contribution in [1.29, 1.82) is 0 Å². The molecule has 1 rings (SSSR count). The van der Waals surface area contributed by atoms with E-state index in [9.17, 15) is 0 Å². The Morgan fingerprint density at radius 3 is 3.08 bits per heavy atom. The first-order chi connectivity index (χ1) is 5.86. The lowest BCUT2D eigenvalue weighted by molar-refractivity contribution is 0.244. The molecule has 0 saturated carbocycles. The Morgan fingerprint density at radius 1 is 1.58 bits per heavy atom. The van der Waals surface area contributed by atoms with Crippen LogP contribution in [-0.4, -0.2) is 12.4 Å². The zero-order chi connectivity index (χ0) is 8.81. The van der Waals surface area contributed by atoms with E-state index in [-0.39, 0.29) is 10.9 Å². The van der Waals surface area contributed by atoms with Crippen molar-refractivity contribution in [2.45, 2.75) is 19.8 Å². The molecular formula is C10H17OS. The van der Waals surface area contributed by atoms with Crippen LogP contribution >= 0.6 is 10.9 Å². The van der Waals surface area contributed by atoms with E-state index in [1.54, 1.807) is 0 Å². The van der Waals surface area contributed by atoms with E-state index in [0.717, 1.165) is 18.8 Å². The molecular weight excluding hydrogens is 168 g/mol. The van der Waals surface area contributed by atoms with Gasteiger partial charge in [0.15, 0.2) is 0 Å². The normalized spacial score (nSPS) is 24.2. The Kier molecular flexibility index (Phi) is 4.30. The highest BCUT2D eigenvalue weighted by atomic mass is 32.2. The number of ether oxygens (including phenoxy) is 1. The van der Waals surface area contributed by atoms with Gasteiger partial charge in [-0.05, 0) is 36.0 Å². The predicted octanol–water partition coefficient (Wildman–Crippen LogP) is 3.01. The average molecular weight is 185 g/mol. The molecule has 1 radical (unpaired) electrons. The van der Waals surface area contributed by atoms with Crippen molar-refractivity contribution >= 4 is 10.9 Å². The van der Waals surface area contributed by atoms with Crippen molar-refractivity contribution in [3.63, 3.8) is 0 Å². The van der Waals surface area contributed by atoms with Gasteiger partial charge < -0.3 is 4.74 Å². The Balaban J connectivity index is 2.28. The first kappa shape index (κ1) is 9.72. The van der Waals surface area contributed by atoms with Gasteiger partial charge in [0.05, 0.1) is 6.61 Å². The first-order valence-electron chi connectivity index (χ1n) is 4.44. The van der Waals surface area contributed by atoms with Crippen molar-refractivity contribution in [2.75, 3.05) is 12.4 Å². The minimum atomic E-state index is -0.00945. The van der Waals surface area contributed by atoms with Crippen LogP contribution in [0.15, 0.2) is 22.7 Å². The molecule has 0 amide bonds. The molecule has 1 aliphatic rings. The second-order valence-electron chi connectivity index (χ2n) is 2.73. The maximum atomic E-state index is 5.39. The highest BCUT2D eigenvalue weighted by Crippen LogP contribution is 2.37. The number of thiol groups is 1. The number of rotatable bonds is 5. The van der Waals surface area contributed by atoms with Gasteiger partial charge in [0, 0.05) is 0 Å². The quantitative estimate of drug-likeness (QED) is 0.648. The third kappa shape index (κ3) is 2.94. The highest BCUT2D eigenvalue weighted by Gasteiger charge is 2.05. The van der Waals surface area contributed by atoms with Crippen LogP contribution in [0.25, 0.3) is 0 Å². The summed E-state index contributed by atoms with van der Waals surface area (Å²) in [6.45, 7) is 6.63. The average Bonchev–Trinajstić information content (AvgIpc) is 2.50. The minimum absolute atomic E-state index is 0.00945. The van der Waals surface area contributed by atoms with Gasteiger partial charge in [-0.1, -0.05) is 13.3 Å². The largest absolute Gasteiger partial charge is 0.493 e. The summed E-state index contributed by atoms with van der Waals surface area (Å²) in [5.74, 6) is 2.33. The highest BCUT2D eigenvalue weighted by molar-refractivity contribution is 8.22. The summed E-state index contributed by atoms with van der Waals surface area (Å²) in [5, 5.41) is 4.53. The van der Waals surface area contributed by atoms with Gasteiger partial charge in [-0.15, -0.1) is 0 Å². The number of hydrogen-bond acceptors (Lipinski definition) is 1. The summed E-state index contributed by atoms with van der Waals surface area (Å²) in [5.41, 5.74) is 0. The van der Waals surface area contributed by atoms with Crippen molar-refractivity contribution in [1.82, 2.24) is 0 Å². The van der Waals surface area contributed by atoms with E-state index >= 15 is 0 Å². The van der Waals surface area contributed by atoms with Crippen LogP contribution in [0.2, 0.25) is 0 Å². The SMILES string of the molecule is [CH2]CCC[SH]1C=CC(OCC)=C1. The Labute approximate surface area is 77.8 Å². The van der Waals surface area contributed by atoms with E-state index in [1.165, 1.54) is 12.2 Å². The summed E-state index contributed by atoms with van der Waals surface area (Å²) in [6, 6.07) is 0. The van der Waals surface area contributed by atoms with Crippen molar-refractivity contribution in [3.8, 4) is 0 Å². The molecule has 0 aromatic carbocycles. The second kappa shape index (κ2) is 5.31. The summed E-state index contributed by atoms with van der Waals surface area (Å²) in [6.07, 6.45) is 4.37. The molecule has 0 saturated heterocycles. The molecule has 2 heteroatoms. The molecule has 0 bridgehead atoms. The molecule has 1 unspecified atom stereocenters. The van der Waals surface area contributed by atoms with E-state index < -0.39 is 0 Å². The molecule has 1 heterocycles. The number of allylic oxidation sites excluding steroid dienone is 1. The van der Waals surface area contributed by atoms with Crippen molar-refractivity contribution in [2.24, 2.45) is 0 Å². The van der Waals surface area contributed by atoms with Crippen molar-refractivity contribution in [3.05, 3.63) is 29.6 Å². The topological polar surface area (TPSA) is 9.23 Å². The molecule has 12 heavy (non-hydrogen) atoms. The summed E-state index contributed by atoms with van der Waals surface area (Å²) in [4.78, 5) is 0. The van der Waals surface area contributed by atoms with Crippen molar-refractivity contribution < 1.29 is 4.74 Å². The molecule has 69 valence electrons. The third-order valence-corrected chi connectivity index (χ3v) is 3.65. The van der Waals surface area contributed by atoms with E-state index in [0.29, 0.717) is 0 Å². The fraction of sp³-hybridized carbons (Fsp3) is 0.500. The Hall–Kier alpha value is -0.370. The van der Waals surface area contributed by atoms with E-state index in [4.69, 9.17) is 4.74 Å². The van der Waals surface area contributed by atoms with Gasteiger partial charge in [0.1, 0.15) is 5.76 Å². The molecule has 0 aliphatic carbocycles. The van der Waals surface area contributed by atoms with Gasteiger partial charge in [-0.2, -0.15) is 0 Å². The van der Waals surface area contributed by atoms with Gasteiger partial charge in [-0.3, -0.25) is 0 Å². The summed E-state index contributed by atoms with van der Waals surface area (Å²) < 4.78 is 5.39. The third-order valence-electron chi connectivity index (χ3n) is 1.70. The van der Waals surface area contributed by atoms with Crippen LogP contribution in [0.5, 0.6) is 0 Å². The van der Waals surface area contributed by atoms with E-state index in [1.807, 2.05) is 6.92 Å². The minimum Gasteiger partial charge on any atom is -0.493 e. The standard InChI is InChI=1S/C10H17OS/c1-3-5-7-12-8-6-10(9-12)11-4-2/h6,8-9,12H,1,3-5,7H2,2H3. The maximum absolute atomic E-state index is 5.39. The molecule has 1 aliphatic heterocycles. The first-order valence-corrected chi connectivity index (χ1v) is 6.11.